The topological polar surface area (TPSA) is 116 Å². The summed E-state index contributed by atoms with van der Waals surface area (Å²) in [6.07, 6.45) is 5.12. The van der Waals surface area contributed by atoms with E-state index in [0.29, 0.717) is 41.7 Å². The van der Waals surface area contributed by atoms with E-state index in [4.69, 9.17) is 9.72 Å². The standard InChI is InChI=1S/C27H32N4O4/c1-2-10-29-26(33)20-12-19-18(17-5-4-11-28-14-17)13-21(30-25(19)31-27(20)34)24-22(32)6-3-7-23(24)35-15-16-8-9-16/h3,6-7,12-13,16-17,28,32H,2,4-5,8-11,14-15H2,1H3,(H,29,33)(H,30,31,34). The molecule has 8 heteroatoms. The zero-order chi connectivity index (χ0) is 24.4. The average Bonchev–Trinajstić information content (AvgIpc) is 3.70. The minimum absolute atomic E-state index is 0.0794. The molecule has 3 aromatic rings. The van der Waals surface area contributed by atoms with Gasteiger partial charge in [0.05, 0.1) is 17.9 Å². The Kier molecular flexibility index (Phi) is 6.72. The van der Waals surface area contributed by atoms with Crippen LogP contribution in [0.4, 0.5) is 0 Å². The lowest BCUT2D eigenvalue weighted by Gasteiger charge is -2.25. The normalized spacial score (nSPS) is 17.9. The van der Waals surface area contributed by atoms with Gasteiger partial charge in [0.1, 0.15) is 22.7 Å². The van der Waals surface area contributed by atoms with Crippen LogP contribution in [0.3, 0.4) is 0 Å². The van der Waals surface area contributed by atoms with Crippen LogP contribution in [-0.4, -0.2) is 47.2 Å². The number of nitrogens with zero attached hydrogens (tertiary/aromatic N) is 1. The fourth-order valence-corrected chi connectivity index (χ4v) is 4.68. The van der Waals surface area contributed by atoms with Gasteiger partial charge in [0.25, 0.3) is 11.5 Å². The lowest BCUT2D eigenvalue weighted by atomic mass is 9.88. The van der Waals surface area contributed by atoms with Crippen molar-refractivity contribution >= 4 is 16.9 Å². The number of aromatic amines is 1. The van der Waals surface area contributed by atoms with Gasteiger partial charge in [-0.15, -0.1) is 0 Å². The number of carbonyl (C=O) groups is 1. The molecule has 1 aromatic carbocycles. The van der Waals surface area contributed by atoms with E-state index in [2.05, 4.69) is 15.6 Å². The highest BCUT2D eigenvalue weighted by Gasteiger charge is 2.25. The molecule has 2 fully saturated rings. The first-order valence-electron chi connectivity index (χ1n) is 12.6. The van der Waals surface area contributed by atoms with E-state index in [1.165, 1.54) is 0 Å². The molecular formula is C27H32N4O4. The predicted octanol–water partition coefficient (Wildman–Crippen LogP) is 3.69. The second-order valence-electron chi connectivity index (χ2n) is 9.57. The van der Waals surface area contributed by atoms with Crippen molar-refractivity contribution in [3.05, 3.63) is 51.8 Å². The Morgan fingerprint density at radius 3 is 2.86 bits per heavy atom. The molecule has 1 unspecified atom stereocenters. The molecule has 8 nitrogen and oxygen atoms in total. The van der Waals surface area contributed by atoms with Crippen molar-refractivity contribution in [1.82, 2.24) is 20.6 Å². The molecule has 35 heavy (non-hydrogen) atoms. The molecule has 184 valence electrons. The lowest BCUT2D eigenvalue weighted by Crippen LogP contribution is -2.31. The van der Waals surface area contributed by atoms with Crippen LogP contribution in [0.2, 0.25) is 0 Å². The first-order valence-corrected chi connectivity index (χ1v) is 12.6. The van der Waals surface area contributed by atoms with E-state index in [0.717, 1.165) is 56.1 Å². The van der Waals surface area contributed by atoms with Crippen molar-refractivity contribution in [2.75, 3.05) is 26.2 Å². The molecule has 1 atom stereocenters. The quantitative estimate of drug-likeness (QED) is 0.394. The Morgan fingerprint density at radius 2 is 2.11 bits per heavy atom. The summed E-state index contributed by atoms with van der Waals surface area (Å²) >= 11 is 0. The highest BCUT2D eigenvalue weighted by atomic mass is 16.5. The van der Waals surface area contributed by atoms with Crippen LogP contribution in [0.25, 0.3) is 22.3 Å². The van der Waals surface area contributed by atoms with Crippen LogP contribution in [0.1, 0.15) is 60.9 Å². The monoisotopic (exact) mass is 476 g/mol. The third-order valence-corrected chi connectivity index (χ3v) is 6.80. The number of ether oxygens (including phenoxy) is 1. The number of amides is 1. The summed E-state index contributed by atoms with van der Waals surface area (Å²) in [5.41, 5.74) is 2.06. The number of fused-ring (bicyclic) bond motifs is 1. The number of piperidine rings is 1. The molecule has 2 aromatic heterocycles. The summed E-state index contributed by atoms with van der Waals surface area (Å²) in [6.45, 7) is 4.83. The van der Waals surface area contributed by atoms with Crippen molar-refractivity contribution < 1.29 is 14.6 Å². The van der Waals surface area contributed by atoms with Crippen molar-refractivity contribution in [2.24, 2.45) is 5.92 Å². The maximum Gasteiger partial charge on any atom is 0.262 e. The molecule has 1 aliphatic heterocycles. The molecule has 2 aliphatic rings. The minimum Gasteiger partial charge on any atom is -0.507 e. The molecule has 0 bridgehead atoms. The molecule has 5 rings (SSSR count). The van der Waals surface area contributed by atoms with Gasteiger partial charge >= 0.3 is 0 Å². The van der Waals surface area contributed by atoms with Gasteiger partial charge < -0.3 is 25.5 Å². The van der Waals surface area contributed by atoms with E-state index < -0.39 is 5.56 Å². The largest absolute Gasteiger partial charge is 0.507 e. The van der Waals surface area contributed by atoms with Crippen molar-refractivity contribution in [3.8, 4) is 22.8 Å². The van der Waals surface area contributed by atoms with Crippen molar-refractivity contribution in [2.45, 2.75) is 44.9 Å². The third-order valence-electron chi connectivity index (χ3n) is 6.80. The SMILES string of the molecule is CCCNC(=O)c1cc2c(C3CCCNC3)cc(-c3c(O)cccc3OCC3CC3)nc2[nH]c1=O. The van der Waals surface area contributed by atoms with Gasteiger partial charge in [-0.3, -0.25) is 9.59 Å². The van der Waals surface area contributed by atoms with Gasteiger partial charge in [-0.2, -0.15) is 0 Å². The molecule has 1 saturated heterocycles. The number of aromatic hydroxyl groups is 1. The average molecular weight is 477 g/mol. The van der Waals surface area contributed by atoms with Gasteiger partial charge in [-0.05, 0) is 80.3 Å². The summed E-state index contributed by atoms with van der Waals surface area (Å²) in [5.74, 6) is 1.02. The molecule has 1 amide bonds. The summed E-state index contributed by atoms with van der Waals surface area (Å²) in [5, 5.41) is 17.8. The lowest BCUT2D eigenvalue weighted by molar-refractivity contribution is 0.0952. The van der Waals surface area contributed by atoms with Gasteiger partial charge in [-0.1, -0.05) is 13.0 Å². The van der Waals surface area contributed by atoms with Crippen LogP contribution in [0.15, 0.2) is 35.1 Å². The summed E-state index contributed by atoms with van der Waals surface area (Å²) in [6, 6.07) is 8.86. The maximum absolute atomic E-state index is 12.8. The minimum atomic E-state index is -0.481. The summed E-state index contributed by atoms with van der Waals surface area (Å²) in [7, 11) is 0. The Labute approximate surface area is 204 Å². The van der Waals surface area contributed by atoms with Gasteiger partial charge in [-0.25, -0.2) is 4.98 Å². The number of rotatable bonds is 8. The fourth-order valence-electron chi connectivity index (χ4n) is 4.68. The fraction of sp³-hybridized carbons (Fsp3) is 0.444. The number of hydrogen-bond acceptors (Lipinski definition) is 6. The zero-order valence-corrected chi connectivity index (χ0v) is 20.0. The van der Waals surface area contributed by atoms with Crippen molar-refractivity contribution in [1.29, 1.82) is 0 Å². The molecule has 0 spiro atoms. The van der Waals surface area contributed by atoms with E-state index in [1.54, 1.807) is 18.2 Å². The third kappa shape index (κ3) is 5.03. The van der Waals surface area contributed by atoms with Crippen LogP contribution < -0.4 is 20.9 Å². The number of pyridine rings is 2. The molecule has 3 heterocycles. The Bertz CT molecular complexity index is 1290. The Hall–Kier alpha value is -3.39. The second-order valence-corrected chi connectivity index (χ2v) is 9.57. The number of carbonyl (C=O) groups excluding carboxylic acids is 1. The van der Waals surface area contributed by atoms with Crippen LogP contribution in [0, 0.1) is 5.92 Å². The summed E-state index contributed by atoms with van der Waals surface area (Å²) < 4.78 is 6.07. The molecular weight excluding hydrogens is 444 g/mol. The van der Waals surface area contributed by atoms with E-state index >= 15 is 0 Å². The van der Waals surface area contributed by atoms with E-state index in [9.17, 15) is 14.7 Å². The number of phenolic OH excluding ortho intramolecular Hbond substituents is 1. The van der Waals surface area contributed by atoms with Gasteiger partial charge in [0, 0.05) is 18.5 Å². The molecule has 0 radical (unpaired) electrons. The zero-order valence-electron chi connectivity index (χ0n) is 20.0. The van der Waals surface area contributed by atoms with Gasteiger partial charge in [0.2, 0.25) is 0 Å². The van der Waals surface area contributed by atoms with E-state index in [1.807, 2.05) is 19.1 Å². The molecule has 4 N–H and O–H groups in total. The highest BCUT2D eigenvalue weighted by molar-refractivity contribution is 5.98. The number of hydrogen-bond donors (Lipinski definition) is 4. The maximum atomic E-state index is 12.8. The Balaban J connectivity index is 1.65. The number of benzene rings is 1. The second kappa shape index (κ2) is 10.1. The number of aromatic nitrogens is 2. The number of nitrogens with one attached hydrogen (secondary N) is 3. The molecule has 1 aliphatic carbocycles. The summed E-state index contributed by atoms with van der Waals surface area (Å²) in [4.78, 5) is 33.1. The highest BCUT2D eigenvalue weighted by Crippen LogP contribution is 2.41. The van der Waals surface area contributed by atoms with Crippen molar-refractivity contribution in [3.63, 3.8) is 0 Å². The Morgan fingerprint density at radius 1 is 1.26 bits per heavy atom. The molecule has 1 saturated carbocycles. The predicted molar refractivity (Wildman–Crippen MR) is 135 cm³/mol. The number of H-pyrrole nitrogens is 1. The van der Waals surface area contributed by atoms with E-state index in [-0.39, 0.29) is 23.1 Å². The van der Waals surface area contributed by atoms with Crippen LogP contribution in [0.5, 0.6) is 11.5 Å². The van der Waals surface area contributed by atoms with Gasteiger partial charge in [0.15, 0.2) is 0 Å². The first-order chi connectivity index (χ1) is 17.0. The number of phenols is 1. The smallest absolute Gasteiger partial charge is 0.262 e. The van der Waals surface area contributed by atoms with Crippen LogP contribution >= 0.6 is 0 Å². The van der Waals surface area contributed by atoms with Crippen LogP contribution in [-0.2, 0) is 0 Å². The first kappa shape index (κ1) is 23.4.